The van der Waals surface area contributed by atoms with Crippen molar-refractivity contribution in [2.75, 3.05) is 0 Å². The fraction of sp³-hybridized carbons (Fsp3) is 0.182. The molecule has 2 rings (SSSR count). The van der Waals surface area contributed by atoms with Gasteiger partial charge in [0.1, 0.15) is 5.58 Å². The maximum atomic E-state index is 10.5. The van der Waals surface area contributed by atoms with Gasteiger partial charge in [-0.2, -0.15) is 0 Å². The van der Waals surface area contributed by atoms with E-state index in [2.05, 4.69) is 6.92 Å². The summed E-state index contributed by atoms with van der Waals surface area (Å²) in [5.74, 6) is 0.399. The van der Waals surface area contributed by atoms with Crippen molar-refractivity contribution in [1.82, 2.24) is 0 Å². The van der Waals surface area contributed by atoms with Crippen LogP contribution in [0.1, 0.15) is 23.0 Å². The number of benzene rings is 1. The number of fused-ring (bicyclic) bond motifs is 1. The number of furan rings is 1. The number of rotatable bonds is 2. The zero-order valence-electron chi connectivity index (χ0n) is 7.41. The van der Waals surface area contributed by atoms with Crippen LogP contribution in [-0.2, 0) is 6.42 Å². The Morgan fingerprint density at radius 2 is 2.31 bits per heavy atom. The fourth-order valence-electron chi connectivity index (χ4n) is 1.51. The van der Waals surface area contributed by atoms with Gasteiger partial charge in [-0.1, -0.05) is 19.1 Å². The molecule has 0 bridgehead atoms. The molecular weight excluding hydrogens is 164 g/mol. The molecule has 0 saturated carbocycles. The molecule has 0 spiro atoms. The third-order valence-corrected chi connectivity index (χ3v) is 2.17. The van der Waals surface area contributed by atoms with Crippen LogP contribution in [0.15, 0.2) is 28.7 Å². The minimum Gasteiger partial charge on any atom is -0.453 e. The molecule has 0 N–H and O–H groups in total. The van der Waals surface area contributed by atoms with Gasteiger partial charge in [0.05, 0.1) is 0 Å². The number of hydrogen-bond donors (Lipinski definition) is 0. The summed E-state index contributed by atoms with van der Waals surface area (Å²) in [6.45, 7) is 2.09. The van der Waals surface area contributed by atoms with Crippen LogP contribution in [0.4, 0.5) is 0 Å². The largest absolute Gasteiger partial charge is 0.453 e. The SMILES string of the molecule is CCc1cccc2oc(C=O)cc12. The second kappa shape index (κ2) is 3.05. The lowest BCUT2D eigenvalue weighted by Crippen LogP contribution is -1.78. The molecule has 2 heteroatoms. The average molecular weight is 174 g/mol. The van der Waals surface area contributed by atoms with E-state index < -0.39 is 0 Å². The summed E-state index contributed by atoms with van der Waals surface area (Å²) < 4.78 is 5.29. The molecule has 13 heavy (non-hydrogen) atoms. The van der Waals surface area contributed by atoms with Gasteiger partial charge in [0, 0.05) is 5.39 Å². The predicted octanol–water partition coefficient (Wildman–Crippen LogP) is 2.81. The number of aryl methyl sites for hydroxylation is 1. The lowest BCUT2D eigenvalue weighted by molar-refractivity contribution is 0.110. The van der Waals surface area contributed by atoms with Gasteiger partial charge in [-0.25, -0.2) is 0 Å². The van der Waals surface area contributed by atoms with Crippen molar-refractivity contribution in [3.8, 4) is 0 Å². The van der Waals surface area contributed by atoms with Crippen molar-refractivity contribution in [3.05, 3.63) is 35.6 Å². The highest BCUT2D eigenvalue weighted by Gasteiger charge is 2.04. The van der Waals surface area contributed by atoms with Crippen molar-refractivity contribution >= 4 is 17.3 Å². The van der Waals surface area contributed by atoms with Gasteiger partial charge in [-0.3, -0.25) is 4.79 Å². The summed E-state index contributed by atoms with van der Waals surface area (Å²) in [7, 11) is 0. The molecule has 2 nitrogen and oxygen atoms in total. The number of carbonyl (C=O) groups is 1. The first kappa shape index (κ1) is 8.05. The van der Waals surface area contributed by atoms with Gasteiger partial charge in [-0.05, 0) is 24.1 Å². The molecule has 0 unspecified atom stereocenters. The molecule has 66 valence electrons. The molecule has 0 radical (unpaired) electrons. The van der Waals surface area contributed by atoms with Gasteiger partial charge < -0.3 is 4.42 Å². The van der Waals surface area contributed by atoms with Crippen LogP contribution >= 0.6 is 0 Å². The van der Waals surface area contributed by atoms with Gasteiger partial charge in [0.2, 0.25) is 0 Å². The quantitative estimate of drug-likeness (QED) is 0.655. The fourth-order valence-corrected chi connectivity index (χ4v) is 1.51. The monoisotopic (exact) mass is 174 g/mol. The Kier molecular flexibility index (Phi) is 1.89. The normalized spacial score (nSPS) is 10.5. The highest BCUT2D eigenvalue weighted by atomic mass is 16.3. The summed E-state index contributed by atoms with van der Waals surface area (Å²) in [6.07, 6.45) is 1.69. The van der Waals surface area contributed by atoms with Crippen LogP contribution in [0.5, 0.6) is 0 Å². The van der Waals surface area contributed by atoms with Crippen molar-refractivity contribution in [2.24, 2.45) is 0 Å². The Morgan fingerprint density at radius 1 is 1.46 bits per heavy atom. The van der Waals surface area contributed by atoms with Crippen LogP contribution in [0.2, 0.25) is 0 Å². The van der Waals surface area contributed by atoms with E-state index in [0.717, 1.165) is 23.7 Å². The topological polar surface area (TPSA) is 30.2 Å². The highest BCUT2D eigenvalue weighted by Crippen LogP contribution is 2.22. The maximum Gasteiger partial charge on any atom is 0.185 e. The summed E-state index contributed by atoms with van der Waals surface area (Å²) in [6, 6.07) is 7.66. The molecular formula is C11H10O2. The molecule has 0 aliphatic carbocycles. The minimum atomic E-state index is 0.399. The van der Waals surface area contributed by atoms with Gasteiger partial charge in [0.25, 0.3) is 0 Å². The molecule has 0 fully saturated rings. The minimum absolute atomic E-state index is 0.399. The molecule has 1 aromatic heterocycles. The first-order valence-electron chi connectivity index (χ1n) is 4.31. The molecule has 0 atom stereocenters. The first-order chi connectivity index (χ1) is 6.35. The smallest absolute Gasteiger partial charge is 0.185 e. The van der Waals surface area contributed by atoms with E-state index in [1.54, 1.807) is 6.07 Å². The number of hydrogen-bond acceptors (Lipinski definition) is 2. The molecule has 0 amide bonds. The van der Waals surface area contributed by atoms with Crippen LogP contribution in [-0.4, -0.2) is 6.29 Å². The molecule has 2 aromatic rings. The maximum absolute atomic E-state index is 10.5. The number of aldehydes is 1. The summed E-state index contributed by atoms with van der Waals surface area (Å²) in [5, 5.41) is 1.05. The summed E-state index contributed by atoms with van der Waals surface area (Å²) >= 11 is 0. The van der Waals surface area contributed by atoms with Crippen molar-refractivity contribution in [1.29, 1.82) is 0 Å². The lowest BCUT2D eigenvalue weighted by atomic mass is 10.1. The van der Waals surface area contributed by atoms with E-state index in [0.29, 0.717) is 5.76 Å². The number of carbonyl (C=O) groups excluding carboxylic acids is 1. The van der Waals surface area contributed by atoms with Crippen molar-refractivity contribution in [2.45, 2.75) is 13.3 Å². The molecule has 1 aromatic carbocycles. The van der Waals surface area contributed by atoms with Crippen LogP contribution in [0.25, 0.3) is 11.0 Å². The summed E-state index contributed by atoms with van der Waals surface area (Å²) in [4.78, 5) is 10.5. The van der Waals surface area contributed by atoms with Crippen LogP contribution in [0.3, 0.4) is 0 Å². The van der Waals surface area contributed by atoms with Crippen LogP contribution < -0.4 is 0 Å². The standard InChI is InChI=1S/C11H10O2/c1-2-8-4-3-5-11-10(8)6-9(7-12)13-11/h3-7H,2H2,1H3. The Balaban J connectivity index is 2.74. The van der Waals surface area contributed by atoms with E-state index >= 15 is 0 Å². The van der Waals surface area contributed by atoms with E-state index in [1.165, 1.54) is 5.56 Å². The average Bonchev–Trinajstić information content (AvgIpc) is 2.59. The van der Waals surface area contributed by atoms with Gasteiger partial charge in [0.15, 0.2) is 12.0 Å². The zero-order valence-corrected chi connectivity index (χ0v) is 7.41. The van der Waals surface area contributed by atoms with E-state index in [-0.39, 0.29) is 0 Å². The molecule has 0 saturated heterocycles. The Hall–Kier alpha value is -1.57. The summed E-state index contributed by atoms with van der Waals surface area (Å²) in [5.41, 5.74) is 2.01. The Labute approximate surface area is 76.2 Å². The Bertz CT molecular complexity index is 440. The van der Waals surface area contributed by atoms with Gasteiger partial charge >= 0.3 is 0 Å². The second-order valence-corrected chi connectivity index (χ2v) is 2.95. The van der Waals surface area contributed by atoms with Crippen molar-refractivity contribution in [3.63, 3.8) is 0 Å². The van der Waals surface area contributed by atoms with E-state index in [1.807, 2.05) is 18.2 Å². The zero-order chi connectivity index (χ0) is 9.26. The first-order valence-corrected chi connectivity index (χ1v) is 4.31. The third-order valence-electron chi connectivity index (χ3n) is 2.17. The second-order valence-electron chi connectivity index (χ2n) is 2.95. The molecule has 0 aliphatic heterocycles. The predicted molar refractivity (Wildman–Crippen MR) is 51.0 cm³/mol. The highest BCUT2D eigenvalue weighted by molar-refractivity contribution is 5.87. The lowest BCUT2D eigenvalue weighted by Gasteiger charge is -1.95. The van der Waals surface area contributed by atoms with E-state index in [9.17, 15) is 4.79 Å². The third kappa shape index (κ3) is 1.24. The molecule has 0 aliphatic rings. The Morgan fingerprint density at radius 3 is 3.00 bits per heavy atom. The van der Waals surface area contributed by atoms with E-state index in [4.69, 9.17) is 4.42 Å². The van der Waals surface area contributed by atoms with Crippen molar-refractivity contribution < 1.29 is 9.21 Å². The van der Waals surface area contributed by atoms with Crippen LogP contribution in [0, 0.1) is 0 Å². The molecule has 1 heterocycles. The van der Waals surface area contributed by atoms with Gasteiger partial charge in [-0.15, -0.1) is 0 Å².